The van der Waals surface area contributed by atoms with Crippen LogP contribution in [0.3, 0.4) is 0 Å². The number of fused-ring (bicyclic) bond motifs is 1. The molecule has 0 saturated carbocycles. The van der Waals surface area contributed by atoms with E-state index in [2.05, 4.69) is 23.3 Å². The predicted molar refractivity (Wildman–Crippen MR) is 95.9 cm³/mol. The lowest BCUT2D eigenvalue weighted by Crippen LogP contribution is -2.32. The second-order valence-corrected chi connectivity index (χ2v) is 6.76. The molecule has 1 aromatic carbocycles. The molecule has 5 heteroatoms. The van der Waals surface area contributed by atoms with Gasteiger partial charge in [-0.2, -0.15) is 0 Å². The normalized spacial score (nSPS) is 12.3. The number of benzene rings is 1. The molecule has 1 aromatic heterocycles. The zero-order valence-corrected chi connectivity index (χ0v) is 14.8. The highest BCUT2D eigenvalue weighted by Gasteiger charge is 2.15. The van der Waals surface area contributed by atoms with Crippen LogP contribution in [0.15, 0.2) is 35.4 Å². The van der Waals surface area contributed by atoms with Gasteiger partial charge in [0.2, 0.25) is 5.91 Å². The van der Waals surface area contributed by atoms with Crippen LogP contribution in [0.2, 0.25) is 0 Å². The van der Waals surface area contributed by atoms with Crippen molar-refractivity contribution in [3.8, 4) is 0 Å². The average molecular weight is 332 g/mol. The Morgan fingerprint density at radius 1 is 1.39 bits per heavy atom. The van der Waals surface area contributed by atoms with E-state index >= 15 is 0 Å². The lowest BCUT2D eigenvalue weighted by molar-refractivity contribution is -0.120. The van der Waals surface area contributed by atoms with E-state index in [1.165, 1.54) is 17.3 Å². The van der Waals surface area contributed by atoms with Crippen molar-refractivity contribution in [1.82, 2.24) is 10.3 Å². The summed E-state index contributed by atoms with van der Waals surface area (Å²) in [6, 6.07) is 10.1. The topological polar surface area (TPSA) is 51.2 Å². The quantitative estimate of drug-likeness (QED) is 0.593. The maximum atomic E-state index is 12.1. The number of para-hydroxylation sites is 1. The molecule has 2 rings (SSSR count). The van der Waals surface area contributed by atoms with E-state index in [1.807, 2.05) is 38.1 Å². The fraction of sp³-hybridized carbons (Fsp3) is 0.444. The average Bonchev–Trinajstić information content (AvgIpc) is 2.54. The molecule has 23 heavy (non-hydrogen) atoms. The first-order valence-electron chi connectivity index (χ1n) is 8.00. The van der Waals surface area contributed by atoms with Crippen LogP contribution in [0.25, 0.3) is 10.9 Å². The predicted octanol–water partition coefficient (Wildman–Crippen LogP) is 3.57. The maximum absolute atomic E-state index is 12.1. The summed E-state index contributed by atoms with van der Waals surface area (Å²) in [6.07, 6.45) is 0.838. The Labute approximate surface area is 142 Å². The highest BCUT2D eigenvalue weighted by molar-refractivity contribution is 8.00. The third kappa shape index (κ3) is 5.22. The molecule has 0 aliphatic carbocycles. The van der Waals surface area contributed by atoms with Crippen LogP contribution < -0.4 is 5.32 Å². The highest BCUT2D eigenvalue weighted by Crippen LogP contribution is 2.26. The van der Waals surface area contributed by atoms with Gasteiger partial charge < -0.3 is 10.1 Å². The molecule has 124 valence electrons. The number of carbonyl (C=O) groups excluding carboxylic acids is 1. The summed E-state index contributed by atoms with van der Waals surface area (Å²) in [5.41, 5.74) is 2.15. The molecule has 1 N–H and O–H groups in total. The van der Waals surface area contributed by atoms with Crippen molar-refractivity contribution in [2.75, 3.05) is 19.8 Å². The summed E-state index contributed by atoms with van der Waals surface area (Å²) in [5, 5.41) is 4.82. The van der Waals surface area contributed by atoms with Crippen LogP contribution in [0.1, 0.15) is 25.8 Å². The van der Waals surface area contributed by atoms with Gasteiger partial charge >= 0.3 is 0 Å². The molecule has 1 unspecified atom stereocenters. The molecule has 0 saturated heterocycles. The molecule has 0 bridgehead atoms. The van der Waals surface area contributed by atoms with Gasteiger partial charge in [0.25, 0.3) is 0 Å². The van der Waals surface area contributed by atoms with E-state index in [-0.39, 0.29) is 11.2 Å². The first kappa shape index (κ1) is 17.8. The van der Waals surface area contributed by atoms with E-state index in [4.69, 9.17) is 4.74 Å². The molecular formula is C18H24N2O2S. The minimum atomic E-state index is -0.171. The maximum Gasteiger partial charge on any atom is 0.233 e. The van der Waals surface area contributed by atoms with Crippen molar-refractivity contribution in [1.29, 1.82) is 0 Å². The molecule has 0 aliphatic rings. The van der Waals surface area contributed by atoms with Gasteiger partial charge in [-0.3, -0.25) is 4.79 Å². The Morgan fingerprint density at radius 3 is 2.96 bits per heavy atom. The fourth-order valence-electron chi connectivity index (χ4n) is 2.29. The second kappa shape index (κ2) is 8.89. The van der Waals surface area contributed by atoms with Crippen molar-refractivity contribution in [2.24, 2.45) is 0 Å². The number of nitrogens with zero attached hydrogens (tertiary/aromatic N) is 1. The van der Waals surface area contributed by atoms with Crippen LogP contribution >= 0.6 is 11.8 Å². The largest absolute Gasteiger partial charge is 0.382 e. The number of hydrogen-bond donors (Lipinski definition) is 1. The minimum absolute atomic E-state index is 0.0408. The van der Waals surface area contributed by atoms with Crippen LogP contribution in [-0.2, 0) is 9.53 Å². The highest BCUT2D eigenvalue weighted by atomic mass is 32.2. The smallest absolute Gasteiger partial charge is 0.233 e. The molecule has 0 aliphatic heterocycles. The van der Waals surface area contributed by atoms with Gasteiger partial charge in [-0.1, -0.05) is 30.0 Å². The number of nitrogens with one attached hydrogen (secondary N) is 1. The zero-order valence-electron chi connectivity index (χ0n) is 14.0. The standard InChI is InChI=1S/C18H24N2O2S/c1-4-22-11-7-10-19-18(21)14(3)23-17-12-13(2)15-8-5-6-9-16(15)20-17/h5-6,8-9,12,14H,4,7,10-11H2,1-3H3,(H,19,21). The lowest BCUT2D eigenvalue weighted by atomic mass is 10.1. The van der Waals surface area contributed by atoms with E-state index < -0.39 is 0 Å². The van der Waals surface area contributed by atoms with Gasteiger partial charge in [-0.05, 0) is 44.9 Å². The third-order valence-electron chi connectivity index (χ3n) is 3.54. The van der Waals surface area contributed by atoms with Crippen LogP contribution in [-0.4, -0.2) is 35.9 Å². The molecule has 1 atom stereocenters. The second-order valence-electron chi connectivity index (χ2n) is 5.40. The third-order valence-corrected chi connectivity index (χ3v) is 4.55. The van der Waals surface area contributed by atoms with Crippen molar-refractivity contribution < 1.29 is 9.53 Å². The fourth-order valence-corrected chi connectivity index (χ4v) is 3.24. The van der Waals surface area contributed by atoms with Crippen molar-refractivity contribution in [3.63, 3.8) is 0 Å². The number of carbonyl (C=O) groups is 1. The van der Waals surface area contributed by atoms with Crippen molar-refractivity contribution in [2.45, 2.75) is 37.5 Å². The van der Waals surface area contributed by atoms with E-state index in [0.29, 0.717) is 19.8 Å². The Morgan fingerprint density at radius 2 is 2.17 bits per heavy atom. The molecule has 4 nitrogen and oxygen atoms in total. The first-order chi connectivity index (χ1) is 11.1. The van der Waals surface area contributed by atoms with Gasteiger partial charge in [0, 0.05) is 25.1 Å². The number of thioether (sulfide) groups is 1. The Balaban J connectivity index is 1.92. The van der Waals surface area contributed by atoms with Crippen LogP contribution in [0.5, 0.6) is 0 Å². The number of rotatable bonds is 8. The number of hydrogen-bond acceptors (Lipinski definition) is 4. The summed E-state index contributed by atoms with van der Waals surface area (Å²) < 4.78 is 5.26. The minimum Gasteiger partial charge on any atom is -0.382 e. The summed E-state index contributed by atoms with van der Waals surface area (Å²) in [6.45, 7) is 8.00. The Hall–Kier alpha value is -1.59. The van der Waals surface area contributed by atoms with E-state index in [9.17, 15) is 4.79 Å². The van der Waals surface area contributed by atoms with Gasteiger partial charge in [0.05, 0.1) is 15.8 Å². The Kier molecular flexibility index (Phi) is 6.86. The Bertz CT molecular complexity index is 661. The molecule has 0 fully saturated rings. The number of aromatic nitrogens is 1. The van der Waals surface area contributed by atoms with Gasteiger partial charge in [0.1, 0.15) is 0 Å². The van der Waals surface area contributed by atoms with Crippen LogP contribution in [0, 0.1) is 6.92 Å². The molecule has 0 spiro atoms. The summed E-state index contributed by atoms with van der Waals surface area (Å²) >= 11 is 1.49. The summed E-state index contributed by atoms with van der Waals surface area (Å²) in [4.78, 5) is 16.8. The number of ether oxygens (including phenoxy) is 1. The van der Waals surface area contributed by atoms with Crippen LogP contribution in [0.4, 0.5) is 0 Å². The molecule has 2 aromatic rings. The molecule has 1 amide bonds. The van der Waals surface area contributed by atoms with E-state index in [1.54, 1.807) is 0 Å². The SMILES string of the molecule is CCOCCCNC(=O)C(C)Sc1cc(C)c2ccccc2n1. The van der Waals surface area contributed by atoms with Crippen molar-refractivity contribution >= 4 is 28.6 Å². The zero-order chi connectivity index (χ0) is 16.7. The van der Waals surface area contributed by atoms with Gasteiger partial charge in [-0.25, -0.2) is 4.98 Å². The lowest BCUT2D eigenvalue weighted by Gasteiger charge is -2.12. The number of amides is 1. The molecular weight excluding hydrogens is 308 g/mol. The monoisotopic (exact) mass is 332 g/mol. The van der Waals surface area contributed by atoms with E-state index in [0.717, 1.165) is 22.3 Å². The first-order valence-corrected chi connectivity index (χ1v) is 8.88. The van der Waals surface area contributed by atoms with Gasteiger partial charge in [0.15, 0.2) is 0 Å². The summed E-state index contributed by atoms with van der Waals surface area (Å²) in [7, 11) is 0. The van der Waals surface area contributed by atoms with Crippen molar-refractivity contribution in [3.05, 3.63) is 35.9 Å². The number of pyridine rings is 1. The number of aryl methyl sites for hydroxylation is 1. The molecule has 1 heterocycles. The summed E-state index contributed by atoms with van der Waals surface area (Å²) in [5.74, 6) is 0.0408. The molecule has 0 radical (unpaired) electrons. The van der Waals surface area contributed by atoms with Gasteiger partial charge in [-0.15, -0.1) is 0 Å².